The number of alkyl carbamates (subject to hydrolysis) is 1. The van der Waals surface area contributed by atoms with Gasteiger partial charge >= 0.3 is 6.09 Å². The zero-order valence-electron chi connectivity index (χ0n) is 16.3. The van der Waals surface area contributed by atoms with E-state index in [1.165, 1.54) is 0 Å². The molecule has 4 rings (SSSR count). The zero-order chi connectivity index (χ0) is 22.0. The molecular weight excluding hydrogens is 437 g/mol. The summed E-state index contributed by atoms with van der Waals surface area (Å²) in [6.45, 7) is 0.112. The lowest BCUT2D eigenvalue weighted by atomic mass is 9.98. The van der Waals surface area contributed by atoms with Gasteiger partial charge in [0.15, 0.2) is 0 Å². The third-order valence-corrected chi connectivity index (χ3v) is 6.20. The van der Waals surface area contributed by atoms with Crippen LogP contribution in [-0.4, -0.2) is 18.7 Å². The van der Waals surface area contributed by atoms with Crippen LogP contribution in [0.3, 0.4) is 0 Å². The average Bonchev–Trinajstić information content (AvgIpc) is 3.07. The number of rotatable bonds is 6. The predicted molar refractivity (Wildman–Crippen MR) is 117 cm³/mol. The van der Waals surface area contributed by atoms with Crippen LogP contribution in [-0.2, 0) is 9.53 Å². The second kappa shape index (κ2) is 9.00. The molecular formula is C24H18Cl2NO4-. The van der Waals surface area contributed by atoms with Crippen LogP contribution in [0.4, 0.5) is 4.79 Å². The van der Waals surface area contributed by atoms with E-state index >= 15 is 0 Å². The highest BCUT2D eigenvalue weighted by Gasteiger charge is 2.29. The summed E-state index contributed by atoms with van der Waals surface area (Å²) in [6.07, 6.45) is -1.21. The minimum atomic E-state index is -1.33. The number of halogens is 2. The molecule has 3 aromatic rings. The van der Waals surface area contributed by atoms with E-state index in [4.69, 9.17) is 27.9 Å². The highest BCUT2D eigenvalue weighted by Crippen LogP contribution is 2.44. The minimum absolute atomic E-state index is 0.104. The Morgan fingerprint density at radius 2 is 1.55 bits per heavy atom. The normalized spacial score (nSPS) is 13.2. The van der Waals surface area contributed by atoms with Crippen LogP contribution in [0.1, 0.15) is 35.1 Å². The summed E-state index contributed by atoms with van der Waals surface area (Å²) in [5.74, 6) is -1.44. The first-order valence-corrected chi connectivity index (χ1v) is 10.5. The monoisotopic (exact) mass is 454 g/mol. The van der Waals surface area contributed by atoms with Crippen LogP contribution >= 0.6 is 23.2 Å². The number of nitrogens with one attached hydrogen (secondary N) is 1. The molecule has 0 fully saturated rings. The highest BCUT2D eigenvalue weighted by atomic mass is 35.5. The van der Waals surface area contributed by atoms with E-state index in [0.717, 1.165) is 22.3 Å². The van der Waals surface area contributed by atoms with Crippen molar-refractivity contribution in [3.63, 3.8) is 0 Å². The lowest BCUT2D eigenvalue weighted by Crippen LogP contribution is -2.35. The molecule has 0 aliphatic heterocycles. The third-order valence-electron chi connectivity index (χ3n) is 5.36. The van der Waals surface area contributed by atoms with Crippen molar-refractivity contribution in [3.05, 3.63) is 93.5 Å². The minimum Gasteiger partial charge on any atom is -0.550 e. The quantitative estimate of drug-likeness (QED) is 0.584. The van der Waals surface area contributed by atoms with Gasteiger partial charge < -0.3 is 20.0 Å². The van der Waals surface area contributed by atoms with E-state index in [1.807, 2.05) is 48.5 Å². The van der Waals surface area contributed by atoms with Gasteiger partial charge in [-0.05, 0) is 33.9 Å². The number of fused-ring (bicyclic) bond motifs is 3. The molecule has 1 amide bonds. The van der Waals surface area contributed by atoms with E-state index in [9.17, 15) is 14.7 Å². The van der Waals surface area contributed by atoms with Gasteiger partial charge in [-0.2, -0.15) is 0 Å². The number of carbonyl (C=O) groups excluding carboxylic acids is 2. The Hall–Kier alpha value is -3.02. The van der Waals surface area contributed by atoms with Crippen LogP contribution in [0.25, 0.3) is 11.1 Å². The molecule has 0 saturated heterocycles. The Kier molecular flexibility index (Phi) is 6.16. The van der Waals surface area contributed by atoms with Crippen molar-refractivity contribution in [1.29, 1.82) is 0 Å². The molecule has 3 aromatic carbocycles. The lowest BCUT2D eigenvalue weighted by Gasteiger charge is -2.22. The number of amides is 1. The number of carboxylic acids is 1. The van der Waals surface area contributed by atoms with E-state index < -0.39 is 24.5 Å². The maximum Gasteiger partial charge on any atom is 0.407 e. The summed E-state index contributed by atoms with van der Waals surface area (Å²) >= 11 is 12.2. The van der Waals surface area contributed by atoms with Gasteiger partial charge in [-0.15, -0.1) is 0 Å². The number of carbonyl (C=O) groups is 2. The standard InChI is InChI=1S/C24H19Cl2NO4/c25-20-11-5-10-18(23(20)26)21(12-22(28)29)27-24(30)31-13-19-16-8-3-1-6-14(16)15-7-2-4-9-17(15)19/h1-11,19,21H,12-13H2,(H,27,30)(H,28,29)/p-1/t21-/m1/s1. The molecule has 31 heavy (non-hydrogen) atoms. The SMILES string of the molecule is O=C([O-])C[C@@H](NC(=O)OCC1c2ccccc2-c2ccccc21)c1cccc(Cl)c1Cl. The number of hydrogen-bond acceptors (Lipinski definition) is 4. The van der Waals surface area contributed by atoms with Gasteiger partial charge in [-0.1, -0.05) is 83.9 Å². The van der Waals surface area contributed by atoms with E-state index in [-0.39, 0.29) is 22.6 Å². The summed E-state index contributed by atoms with van der Waals surface area (Å²) in [7, 11) is 0. The van der Waals surface area contributed by atoms with Gasteiger partial charge in [0.2, 0.25) is 0 Å². The fourth-order valence-corrected chi connectivity index (χ4v) is 4.42. The van der Waals surface area contributed by atoms with Gasteiger partial charge in [-0.25, -0.2) is 4.79 Å². The van der Waals surface area contributed by atoms with Crippen molar-refractivity contribution in [3.8, 4) is 11.1 Å². The van der Waals surface area contributed by atoms with Gasteiger partial charge in [0.05, 0.1) is 16.1 Å². The molecule has 0 heterocycles. The Labute approximate surface area is 189 Å². The average molecular weight is 455 g/mol. The first-order chi connectivity index (χ1) is 15.0. The molecule has 1 atom stereocenters. The number of hydrogen-bond donors (Lipinski definition) is 1. The molecule has 0 bridgehead atoms. The zero-order valence-corrected chi connectivity index (χ0v) is 17.8. The molecule has 0 aromatic heterocycles. The Morgan fingerprint density at radius 3 is 2.16 bits per heavy atom. The van der Waals surface area contributed by atoms with Crippen LogP contribution in [0, 0.1) is 0 Å². The fourth-order valence-electron chi connectivity index (χ4n) is 3.98. The molecule has 1 aliphatic rings. The van der Waals surface area contributed by atoms with E-state index in [2.05, 4.69) is 5.32 Å². The number of ether oxygens (including phenoxy) is 1. The largest absolute Gasteiger partial charge is 0.550 e. The Balaban J connectivity index is 1.50. The van der Waals surface area contributed by atoms with Crippen LogP contribution < -0.4 is 10.4 Å². The second-order valence-electron chi connectivity index (χ2n) is 7.24. The Morgan fingerprint density at radius 1 is 0.935 bits per heavy atom. The number of benzene rings is 3. The molecule has 1 aliphatic carbocycles. The molecule has 1 N–H and O–H groups in total. The van der Waals surface area contributed by atoms with Gasteiger partial charge in [0.25, 0.3) is 0 Å². The van der Waals surface area contributed by atoms with Crippen LogP contribution in [0.2, 0.25) is 10.0 Å². The first-order valence-electron chi connectivity index (χ1n) is 9.71. The van der Waals surface area contributed by atoms with Crippen LogP contribution in [0.5, 0.6) is 0 Å². The topological polar surface area (TPSA) is 78.5 Å². The molecule has 0 unspecified atom stereocenters. The molecule has 5 nitrogen and oxygen atoms in total. The van der Waals surface area contributed by atoms with Crippen molar-refractivity contribution in [2.45, 2.75) is 18.4 Å². The molecule has 7 heteroatoms. The summed E-state index contributed by atoms with van der Waals surface area (Å²) < 4.78 is 5.50. The van der Waals surface area contributed by atoms with Crippen molar-refractivity contribution < 1.29 is 19.4 Å². The Bertz CT molecular complexity index is 1100. The van der Waals surface area contributed by atoms with E-state index in [1.54, 1.807) is 18.2 Å². The summed E-state index contributed by atoms with van der Waals surface area (Å²) in [4.78, 5) is 23.8. The molecule has 0 saturated carbocycles. The predicted octanol–water partition coefficient (Wildman–Crippen LogP) is 4.71. The fraction of sp³-hybridized carbons (Fsp3) is 0.167. The molecule has 0 radical (unpaired) electrons. The molecule has 158 valence electrons. The van der Waals surface area contributed by atoms with Crippen molar-refractivity contribution in [2.75, 3.05) is 6.61 Å². The molecule has 0 spiro atoms. The van der Waals surface area contributed by atoms with Crippen molar-refractivity contribution in [1.82, 2.24) is 5.32 Å². The highest BCUT2D eigenvalue weighted by molar-refractivity contribution is 6.42. The first kappa shape index (κ1) is 21.2. The summed E-state index contributed by atoms with van der Waals surface area (Å²) in [5, 5.41) is 14.2. The maximum atomic E-state index is 12.6. The number of aliphatic carboxylic acids is 1. The summed E-state index contributed by atoms with van der Waals surface area (Å²) in [5.41, 5.74) is 4.79. The summed E-state index contributed by atoms with van der Waals surface area (Å²) in [6, 6.07) is 19.9. The van der Waals surface area contributed by atoms with Gasteiger partial charge in [0, 0.05) is 18.3 Å². The van der Waals surface area contributed by atoms with Gasteiger partial charge in [-0.3, -0.25) is 0 Å². The lowest BCUT2D eigenvalue weighted by molar-refractivity contribution is -0.306. The maximum absolute atomic E-state index is 12.6. The van der Waals surface area contributed by atoms with Crippen molar-refractivity contribution >= 4 is 35.3 Å². The van der Waals surface area contributed by atoms with Crippen molar-refractivity contribution in [2.24, 2.45) is 0 Å². The second-order valence-corrected chi connectivity index (χ2v) is 8.03. The smallest absolute Gasteiger partial charge is 0.407 e. The van der Waals surface area contributed by atoms with Crippen LogP contribution in [0.15, 0.2) is 66.7 Å². The van der Waals surface area contributed by atoms with E-state index in [0.29, 0.717) is 5.56 Å². The number of carboxylic acid groups (broad SMARTS) is 1. The van der Waals surface area contributed by atoms with Gasteiger partial charge in [0.1, 0.15) is 6.61 Å². The third kappa shape index (κ3) is 4.38.